The summed E-state index contributed by atoms with van der Waals surface area (Å²) in [7, 11) is -2.52. The van der Waals surface area contributed by atoms with E-state index in [-0.39, 0.29) is 36.6 Å². The van der Waals surface area contributed by atoms with Crippen molar-refractivity contribution in [2.24, 2.45) is 0 Å². The Kier molecular flexibility index (Phi) is 7.66. The van der Waals surface area contributed by atoms with Crippen LogP contribution >= 0.6 is 11.6 Å². The van der Waals surface area contributed by atoms with E-state index in [1.807, 2.05) is 0 Å². The minimum Gasteiger partial charge on any atom is -0.468 e. The van der Waals surface area contributed by atoms with Crippen LogP contribution < -0.4 is 0 Å². The first kappa shape index (κ1) is 23.2. The summed E-state index contributed by atoms with van der Waals surface area (Å²) in [5.74, 6) is -1.07. The third-order valence-corrected chi connectivity index (χ3v) is 6.96. The maximum Gasteiger partial charge on any atom is 0.325 e. The fourth-order valence-electron chi connectivity index (χ4n) is 3.14. The van der Waals surface area contributed by atoms with Crippen LogP contribution in [0.15, 0.2) is 53.4 Å². The second-order valence-corrected chi connectivity index (χ2v) is 9.28. The van der Waals surface area contributed by atoms with Crippen molar-refractivity contribution in [2.45, 2.75) is 11.4 Å². The van der Waals surface area contributed by atoms with Crippen molar-refractivity contribution in [1.82, 2.24) is 9.21 Å². The summed E-state index contributed by atoms with van der Waals surface area (Å²) < 4.78 is 37.1. The normalized spacial score (nSPS) is 14.8. The molecule has 0 unspecified atom stereocenters. The second kappa shape index (κ2) is 10.2. The zero-order valence-electron chi connectivity index (χ0n) is 17.0. The highest BCUT2D eigenvalue weighted by atomic mass is 35.5. The largest absolute Gasteiger partial charge is 0.468 e. The summed E-state index contributed by atoms with van der Waals surface area (Å²) in [4.78, 5) is 26.4. The number of nitrogens with zero attached hydrogens (tertiary/aromatic N) is 2. The Hall–Kier alpha value is -2.46. The van der Waals surface area contributed by atoms with Crippen LogP contribution in [-0.4, -0.2) is 69.5 Å². The average molecular weight is 467 g/mol. The quantitative estimate of drug-likeness (QED) is 0.580. The summed E-state index contributed by atoms with van der Waals surface area (Å²) >= 11 is 5.91. The van der Waals surface area contributed by atoms with Crippen molar-refractivity contribution in [2.75, 3.05) is 40.0 Å². The van der Waals surface area contributed by atoms with Crippen LogP contribution in [-0.2, 0) is 30.8 Å². The number of morpholine rings is 1. The van der Waals surface area contributed by atoms with Gasteiger partial charge in [0.05, 0.1) is 25.2 Å². The minimum absolute atomic E-state index is 0.0183. The van der Waals surface area contributed by atoms with Crippen LogP contribution in [0.25, 0.3) is 0 Å². The molecule has 0 aromatic heterocycles. The fourth-order valence-corrected chi connectivity index (χ4v) is 4.72. The van der Waals surface area contributed by atoms with E-state index in [0.29, 0.717) is 18.2 Å². The van der Waals surface area contributed by atoms with E-state index < -0.39 is 21.9 Å². The lowest BCUT2D eigenvalue weighted by Crippen LogP contribution is -2.40. The minimum atomic E-state index is -3.76. The van der Waals surface area contributed by atoms with Crippen molar-refractivity contribution in [3.8, 4) is 0 Å². The lowest BCUT2D eigenvalue weighted by molar-refractivity contribution is -0.141. The Morgan fingerprint density at radius 3 is 2.45 bits per heavy atom. The van der Waals surface area contributed by atoms with E-state index in [9.17, 15) is 18.0 Å². The van der Waals surface area contributed by atoms with Crippen LogP contribution in [0, 0.1) is 0 Å². The lowest BCUT2D eigenvalue weighted by atomic mass is 10.1. The van der Waals surface area contributed by atoms with Crippen molar-refractivity contribution in [3.05, 3.63) is 64.7 Å². The van der Waals surface area contributed by atoms with Gasteiger partial charge in [-0.15, -0.1) is 0 Å². The molecule has 0 bridgehead atoms. The molecule has 1 heterocycles. The molecule has 166 valence electrons. The standard InChI is InChI=1S/C21H23ClN2O6S/c1-29-20(25)15-23(14-16-5-7-18(22)8-6-16)21(26)17-3-2-4-19(13-17)31(27,28)24-9-11-30-12-10-24/h2-8,13H,9-12,14-15H2,1H3. The van der Waals surface area contributed by atoms with Gasteiger partial charge in [0.25, 0.3) is 5.91 Å². The first-order valence-corrected chi connectivity index (χ1v) is 11.4. The molecule has 0 spiro atoms. The van der Waals surface area contributed by atoms with E-state index in [1.54, 1.807) is 24.3 Å². The molecule has 31 heavy (non-hydrogen) atoms. The summed E-state index contributed by atoms with van der Waals surface area (Å²) in [6.07, 6.45) is 0. The van der Waals surface area contributed by atoms with Gasteiger partial charge in [0, 0.05) is 30.2 Å². The summed E-state index contributed by atoms with van der Waals surface area (Å²) in [5, 5.41) is 0.551. The first-order chi connectivity index (χ1) is 14.8. The SMILES string of the molecule is COC(=O)CN(Cc1ccc(Cl)cc1)C(=O)c1cccc(S(=O)(=O)N2CCOCC2)c1. The second-order valence-electron chi connectivity index (χ2n) is 6.91. The van der Waals surface area contributed by atoms with Crippen LogP contribution in [0.3, 0.4) is 0 Å². The number of hydrogen-bond acceptors (Lipinski definition) is 6. The van der Waals surface area contributed by atoms with Gasteiger partial charge in [0.1, 0.15) is 6.54 Å². The lowest BCUT2D eigenvalue weighted by Gasteiger charge is -2.26. The molecule has 1 amide bonds. The van der Waals surface area contributed by atoms with Gasteiger partial charge in [-0.1, -0.05) is 29.8 Å². The number of sulfonamides is 1. The molecule has 0 atom stereocenters. The van der Waals surface area contributed by atoms with Crippen molar-refractivity contribution >= 4 is 33.5 Å². The third kappa shape index (κ3) is 5.82. The summed E-state index contributed by atoms with van der Waals surface area (Å²) in [6, 6.07) is 12.7. The maximum atomic E-state index is 13.2. The molecule has 8 nitrogen and oxygen atoms in total. The Balaban J connectivity index is 1.87. The molecule has 1 aliphatic rings. The molecule has 1 saturated heterocycles. The van der Waals surface area contributed by atoms with Crippen LogP contribution in [0.4, 0.5) is 0 Å². The van der Waals surface area contributed by atoms with Gasteiger partial charge < -0.3 is 14.4 Å². The van der Waals surface area contributed by atoms with E-state index in [0.717, 1.165) is 5.56 Å². The van der Waals surface area contributed by atoms with E-state index >= 15 is 0 Å². The molecule has 0 N–H and O–H groups in total. The van der Waals surface area contributed by atoms with E-state index in [1.165, 1.54) is 40.6 Å². The molecule has 0 saturated carbocycles. The van der Waals surface area contributed by atoms with Gasteiger partial charge in [-0.2, -0.15) is 4.31 Å². The Bertz CT molecular complexity index is 1040. The number of benzene rings is 2. The van der Waals surface area contributed by atoms with Gasteiger partial charge in [-0.25, -0.2) is 8.42 Å². The van der Waals surface area contributed by atoms with Crippen LogP contribution in [0.1, 0.15) is 15.9 Å². The molecule has 0 aliphatic carbocycles. The monoisotopic (exact) mass is 466 g/mol. The Morgan fingerprint density at radius 1 is 1.13 bits per heavy atom. The molecule has 1 fully saturated rings. The Labute approximate surface area is 186 Å². The van der Waals surface area contributed by atoms with Gasteiger partial charge >= 0.3 is 5.97 Å². The van der Waals surface area contributed by atoms with Gasteiger partial charge in [-0.05, 0) is 35.9 Å². The highest BCUT2D eigenvalue weighted by Crippen LogP contribution is 2.20. The topological polar surface area (TPSA) is 93.2 Å². The molecule has 2 aromatic carbocycles. The number of esters is 1. The predicted octanol–water partition coefficient (Wildman–Crippen LogP) is 2.18. The molecule has 0 radical (unpaired) electrons. The van der Waals surface area contributed by atoms with Crippen molar-refractivity contribution in [3.63, 3.8) is 0 Å². The molecule has 10 heteroatoms. The first-order valence-electron chi connectivity index (χ1n) is 9.60. The smallest absolute Gasteiger partial charge is 0.325 e. The summed E-state index contributed by atoms with van der Waals surface area (Å²) in [6.45, 7) is 1.01. The zero-order chi connectivity index (χ0) is 22.4. The average Bonchev–Trinajstić information content (AvgIpc) is 2.80. The van der Waals surface area contributed by atoms with Crippen LogP contribution in [0.2, 0.25) is 5.02 Å². The van der Waals surface area contributed by atoms with Crippen LogP contribution in [0.5, 0.6) is 0 Å². The molecule has 3 rings (SSSR count). The maximum absolute atomic E-state index is 13.2. The molecular weight excluding hydrogens is 444 g/mol. The molecule has 2 aromatic rings. The Morgan fingerprint density at radius 2 is 1.81 bits per heavy atom. The fraction of sp³-hybridized carbons (Fsp3) is 0.333. The number of hydrogen-bond donors (Lipinski definition) is 0. The number of halogens is 1. The van der Waals surface area contributed by atoms with Gasteiger partial charge in [-0.3, -0.25) is 9.59 Å². The predicted molar refractivity (Wildman–Crippen MR) is 114 cm³/mol. The third-order valence-electron chi connectivity index (χ3n) is 4.81. The van der Waals surface area contributed by atoms with Gasteiger partial charge in [0.2, 0.25) is 10.0 Å². The number of carbonyl (C=O) groups excluding carboxylic acids is 2. The van der Waals surface area contributed by atoms with Crippen molar-refractivity contribution in [1.29, 1.82) is 0 Å². The van der Waals surface area contributed by atoms with Crippen molar-refractivity contribution < 1.29 is 27.5 Å². The molecular formula is C21H23ClN2O6S. The molecule has 1 aliphatic heterocycles. The van der Waals surface area contributed by atoms with E-state index in [4.69, 9.17) is 21.1 Å². The highest BCUT2D eigenvalue weighted by molar-refractivity contribution is 7.89. The van der Waals surface area contributed by atoms with Gasteiger partial charge in [0.15, 0.2) is 0 Å². The van der Waals surface area contributed by atoms with E-state index in [2.05, 4.69) is 0 Å². The number of methoxy groups -OCH3 is 1. The number of rotatable bonds is 7. The highest BCUT2D eigenvalue weighted by Gasteiger charge is 2.28. The zero-order valence-corrected chi connectivity index (χ0v) is 18.6. The summed E-state index contributed by atoms with van der Waals surface area (Å²) in [5.41, 5.74) is 0.922. The number of ether oxygens (including phenoxy) is 2. The number of carbonyl (C=O) groups is 2. The number of amides is 1.